The molecule has 1 aromatic carbocycles. The molecule has 6 nitrogen and oxygen atoms in total. The lowest BCUT2D eigenvalue weighted by Gasteiger charge is -2.06. The maximum absolute atomic E-state index is 11.0. The van der Waals surface area contributed by atoms with Gasteiger partial charge >= 0.3 is 5.69 Å². The van der Waals surface area contributed by atoms with Crippen molar-refractivity contribution in [2.24, 2.45) is 0 Å². The van der Waals surface area contributed by atoms with Gasteiger partial charge < -0.3 is 5.73 Å². The van der Waals surface area contributed by atoms with Gasteiger partial charge in [0, 0.05) is 5.56 Å². The van der Waals surface area contributed by atoms with Crippen LogP contribution in [0.4, 0.5) is 11.5 Å². The standard InChI is InChI=1S/C11H10N4O2/c1-7-4-2-3-5-8(7)9-10(15(16)17)11(12)14-6-13-9/h2-6H,1H3,(H2,12,13,14). The van der Waals surface area contributed by atoms with Crippen LogP contribution in [0.2, 0.25) is 0 Å². The lowest BCUT2D eigenvalue weighted by atomic mass is 10.0. The number of anilines is 1. The largest absolute Gasteiger partial charge is 0.378 e. The number of nitro groups is 1. The van der Waals surface area contributed by atoms with Gasteiger partial charge in [0.15, 0.2) is 5.69 Å². The molecule has 0 atom stereocenters. The van der Waals surface area contributed by atoms with Crippen molar-refractivity contribution in [1.82, 2.24) is 9.97 Å². The number of aryl methyl sites for hydroxylation is 1. The second-order valence-electron chi connectivity index (χ2n) is 3.53. The summed E-state index contributed by atoms with van der Waals surface area (Å²) >= 11 is 0. The van der Waals surface area contributed by atoms with Gasteiger partial charge in [0.05, 0.1) is 4.92 Å². The number of hydrogen-bond donors (Lipinski definition) is 1. The van der Waals surface area contributed by atoms with E-state index in [1.54, 1.807) is 12.1 Å². The highest BCUT2D eigenvalue weighted by Gasteiger charge is 2.22. The quantitative estimate of drug-likeness (QED) is 0.628. The van der Waals surface area contributed by atoms with E-state index in [4.69, 9.17) is 5.73 Å². The Morgan fingerprint density at radius 1 is 1.29 bits per heavy atom. The van der Waals surface area contributed by atoms with Crippen LogP contribution in [0.25, 0.3) is 11.3 Å². The summed E-state index contributed by atoms with van der Waals surface area (Å²) in [5.41, 5.74) is 7.10. The Bertz CT molecular complexity index is 583. The Hall–Kier alpha value is -2.50. The maximum atomic E-state index is 11.0. The molecule has 0 saturated carbocycles. The molecule has 1 heterocycles. The van der Waals surface area contributed by atoms with Crippen molar-refractivity contribution in [1.29, 1.82) is 0 Å². The first-order valence-electron chi connectivity index (χ1n) is 4.92. The summed E-state index contributed by atoms with van der Waals surface area (Å²) in [7, 11) is 0. The molecule has 6 heteroatoms. The minimum atomic E-state index is -0.558. The van der Waals surface area contributed by atoms with Crippen LogP contribution in [0.15, 0.2) is 30.6 Å². The summed E-state index contributed by atoms with van der Waals surface area (Å²) in [5, 5.41) is 11.0. The molecule has 1 aromatic heterocycles. The Balaban J connectivity index is 2.72. The molecule has 0 aliphatic carbocycles. The Kier molecular flexibility index (Phi) is 2.70. The van der Waals surface area contributed by atoms with Crippen LogP contribution in [0, 0.1) is 17.0 Å². The molecule has 0 aliphatic rings. The Morgan fingerprint density at radius 3 is 2.65 bits per heavy atom. The molecule has 0 fully saturated rings. The summed E-state index contributed by atoms with van der Waals surface area (Å²) in [4.78, 5) is 18.0. The molecule has 0 unspecified atom stereocenters. The molecule has 0 radical (unpaired) electrons. The van der Waals surface area contributed by atoms with Gasteiger partial charge in [0.2, 0.25) is 5.82 Å². The highest BCUT2D eigenvalue weighted by Crippen LogP contribution is 2.32. The third-order valence-electron chi connectivity index (χ3n) is 2.43. The van der Waals surface area contributed by atoms with E-state index in [1.165, 1.54) is 6.33 Å². The minimum absolute atomic E-state index is 0.122. The highest BCUT2D eigenvalue weighted by molar-refractivity contribution is 5.77. The summed E-state index contributed by atoms with van der Waals surface area (Å²) in [6.07, 6.45) is 1.23. The molecule has 2 N–H and O–H groups in total. The van der Waals surface area contributed by atoms with Crippen LogP contribution in [0.5, 0.6) is 0 Å². The van der Waals surface area contributed by atoms with Crippen LogP contribution >= 0.6 is 0 Å². The fraction of sp³-hybridized carbons (Fsp3) is 0.0909. The molecular formula is C11H10N4O2. The highest BCUT2D eigenvalue weighted by atomic mass is 16.6. The van der Waals surface area contributed by atoms with Crippen molar-refractivity contribution in [2.75, 3.05) is 5.73 Å². The van der Waals surface area contributed by atoms with Crippen molar-refractivity contribution in [3.05, 3.63) is 46.3 Å². The number of hydrogen-bond acceptors (Lipinski definition) is 5. The van der Waals surface area contributed by atoms with Crippen molar-refractivity contribution in [2.45, 2.75) is 6.92 Å². The molecule has 0 bridgehead atoms. The van der Waals surface area contributed by atoms with Gasteiger partial charge in [0.1, 0.15) is 6.33 Å². The monoisotopic (exact) mass is 230 g/mol. The van der Waals surface area contributed by atoms with E-state index < -0.39 is 4.92 Å². The average molecular weight is 230 g/mol. The first kappa shape index (κ1) is 11.0. The molecule has 0 saturated heterocycles. The van der Waals surface area contributed by atoms with E-state index in [0.29, 0.717) is 5.56 Å². The molecule has 0 amide bonds. The van der Waals surface area contributed by atoms with Gasteiger partial charge in [-0.1, -0.05) is 24.3 Å². The van der Waals surface area contributed by atoms with Gasteiger partial charge in [-0.2, -0.15) is 0 Å². The Morgan fingerprint density at radius 2 is 2.00 bits per heavy atom. The third kappa shape index (κ3) is 1.92. The topological polar surface area (TPSA) is 94.9 Å². The number of nitrogens with two attached hydrogens (primary N) is 1. The van der Waals surface area contributed by atoms with Crippen LogP contribution in [0.1, 0.15) is 5.56 Å². The van der Waals surface area contributed by atoms with E-state index in [0.717, 1.165) is 5.56 Å². The third-order valence-corrected chi connectivity index (χ3v) is 2.43. The van der Waals surface area contributed by atoms with Crippen LogP contribution in [-0.4, -0.2) is 14.9 Å². The lowest BCUT2D eigenvalue weighted by Crippen LogP contribution is -2.03. The molecule has 17 heavy (non-hydrogen) atoms. The summed E-state index contributed by atoms with van der Waals surface area (Å²) < 4.78 is 0. The van der Waals surface area contributed by atoms with Gasteiger partial charge in [-0.3, -0.25) is 10.1 Å². The van der Waals surface area contributed by atoms with E-state index >= 15 is 0 Å². The second kappa shape index (κ2) is 4.17. The summed E-state index contributed by atoms with van der Waals surface area (Å²) in [6, 6.07) is 7.28. The SMILES string of the molecule is Cc1ccccc1-c1ncnc(N)c1[N+](=O)[O-]. The predicted octanol–water partition coefficient (Wildman–Crippen LogP) is 1.94. The van der Waals surface area contributed by atoms with E-state index in [2.05, 4.69) is 9.97 Å². The van der Waals surface area contributed by atoms with Crippen LogP contribution < -0.4 is 5.73 Å². The Labute approximate surface area is 97.3 Å². The van der Waals surface area contributed by atoms with Gasteiger partial charge in [0.25, 0.3) is 0 Å². The molecule has 86 valence electrons. The fourth-order valence-corrected chi connectivity index (χ4v) is 1.61. The number of nitrogens with zero attached hydrogens (tertiary/aromatic N) is 3. The zero-order chi connectivity index (χ0) is 12.4. The van der Waals surface area contributed by atoms with Gasteiger partial charge in [-0.05, 0) is 12.5 Å². The fourth-order valence-electron chi connectivity index (χ4n) is 1.61. The molecule has 2 aromatic rings. The molecular weight excluding hydrogens is 220 g/mol. The number of aromatic nitrogens is 2. The van der Waals surface area contributed by atoms with Crippen LogP contribution in [0.3, 0.4) is 0 Å². The van der Waals surface area contributed by atoms with Gasteiger partial charge in [-0.15, -0.1) is 0 Å². The van der Waals surface area contributed by atoms with Crippen LogP contribution in [-0.2, 0) is 0 Å². The molecule has 0 spiro atoms. The molecule has 0 aliphatic heterocycles. The minimum Gasteiger partial charge on any atom is -0.378 e. The van der Waals surface area contributed by atoms with Crippen molar-refractivity contribution >= 4 is 11.5 Å². The molecule has 2 rings (SSSR count). The van der Waals surface area contributed by atoms with Crippen molar-refractivity contribution < 1.29 is 4.92 Å². The smallest absolute Gasteiger partial charge is 0.337 e. The first-order valence-corrected chi connectivity index (χ1v) is 4.92. The van der Waals surface area contributed by atoms with E-state index in [9.17, 15) is 10.1 Å². The second-order valence-corrected chi connectivity index (χ2v) is 3.53. The first-order chi connectivity index (χ1) is 8.11. The lowest BCUT2D eigenvalue weighted by molar-refractivity contribution is -0.383. The maximum Gasteiger partial charge on any atom is 0.337 e. The predicted molar refractivity (Wildman–Crippen MR) is 63.3 cm³/mol. The van der Waals surface area contributed by atoms with Crippen molar-refractivity contribution in [3.63, 3.8) is 0 Å². The number of benzene rings is 1. The van der Waals surface area contributed by atoms with E-state index in [-0.39, 0.29) is 17.2 Å². The van der Waals surface area contributed by atoms with E-state index in [1.807, 2.05) is 19.1 Å². The normalized spacial score (nSPS) is 10.2. The summed E-state index contributed by atoms with van der Waals surface area (Å²) in [5.74, 6) is -0.122. The summed E-state index contributed by atoms with van der Waals surface area (Å²) in [6.45, 7) is 1.86. The van der Waals surface area contributed by atoms with Crippen molar-refractivity contribution in [3.8, 4) is 11.3 Å². The number of rotatable bonds is 2. The average Bonchev–Trinajstić information content (AvgIpc) is 2.28. The van der Waals surface area contributed by atoms with Gasteiger partial charge in [-0.25, -0.2) is 9.97 Å². The zero-order valence-corrected chi connectivity index (χ0v) is 9.12. The zero-order valence-electron chi connectivity index (χ0n) is 9.12. The number of nitrogen functional groups attached to an aromatic ring is 1.